The van der Waals surface area contributed by atoms with Gasteiger partial charge in [0.15, 0.2) is 10.9 Å². The van der Waals surface area contributed by atoms with Crippen LogP contribution < -0.4 is 9.80 Å². The number of aliphatic hydroxyl groups excluding tert-OH is 1. The fourth-order valence-corrected chi connectivity index (χ4v) is 6.96. The Morgan fingerprint density at radius 1 is 1.19 bits per heavy atom. The first-order chi connectivity index (χ1) is 20.7. The quantitative estimate of drug-likeness (QED) is 0.429. The second-order valence-electron chi connectivity index (χ2n) is 12.0. The number of hydrogen-bond donors (Lipinski definition) is 1. The van der Waals surface area contributed by atoms with Crippen LogP contribution in [0.3, 0.4) is 0 Å². The summed E-state index contributed by atoms with van der Waals surface area (Å²) in [4.78, 5) is 30.7. The van der Waals surface area contributed by atoms with E-state index in [0.717, 1.165) is 35.6 Å². The summed E-state index contributed by atoms with van der Waals surface area (Å²) >= 11 is 1.37. The van der Waals surface area contributed by atoms with E-state index >= 15 is 4.39 Å². The average molecular weight is 608 g/mol. The number of nitriles is 1. The first-order valence-corrected chi connectivity index (χ1v) is 15.8. The van der Waals surface area contributed by atoms with Crippen molar-refractivity contribution in [2.75, 3.05) is 75.9 Å². The normalized spacial score (nSPS) is 18.7. The maximum absolute atomic E-state index is 15.8. The predicted molar refractivity (Wildman–Crippen MR) is 165 cm³/mol. The van der Waals surface area contributed by atoms with Gasteiger partial charge in [-0.2, -0.15) is 5.26 Å². The second kappa shape index (κ2) is 12.3. The van der Waals surface area contributed by atoms with Crippen molar-refractivity contribution in [2.45, 2.75) is 44.6 Å². The Morgan fingerprint density at radius 2 is 1.91 bits per heavy atom. The van der Waals surface area contributed by atoms with Gasteiger partial charge in [-0.25, -0.2) is 14.4 Å². The molecule has 0 atom stereocenters. The van der Waals surface area contributed by atoms with Crippen LogP contribution in [0.4, 0.5) is 20.9 Å². The van der Waals surface area contributed by atoms with Crippen LogP contribution in [0.5, 0.6) is 0 Å². The Labute approximate surface area is 255 Å². The van der Waals surface area contributed by atoms with Gasteiger partial charge in [0.25, 0.3) is 0 Å². The lowest BCUT2D eigenvalue weighted by Crippen LogP contribution is -2.57. The van der Waals surface area contributed by atoms with Crippen LogP contribution in [0.25, 0.3) is 10.9 Å². The lowest BCUT2D eigenvalue weighted by atomic mass is 9.96. The smallest absolute Gasteiger partial charge is 0.236 e. The summed E-state index contributed by atoms with van der Waals surface area (Å²) in [6.45, 7) is 9.26. The predicted octanol–water partition coefficient (Wildman–Crippen LogP) is 3.81. The number of pyridine rings is 1. The molecule has 0 saturated carbocycles. The van der Waals surface area contributed by atoms with Gasteiger partial charge < -0.3 is 24.5 Å². The first kappa shape index (κ1) is 29.7. The van der Waals surface area contributed by atoms with E-state index < -0.39 is 6.10 Å². The van der Waals surface area contributed by atoms with Crippen LogP contribution in [-0.2, 0) is 9.53 Å². The molecule has 0 aliphatic carbocycles. The van der Waals surface area contributed by atoms with Crippen molar-refractivity contribution in [2.24, 2.45) is 0 Å². The largest absolute Gasteiger partial charge is 0.389 e. The summed E-state index contributed by atoms with van der Waals surface area (Å²) in [6.07, 6.45) is 1.28. The van der Waals surface area contributed by atoms with Crippen molar-refractivity contribution < 1.29 is 19.0 Å². The Bertz CT molecular complexity index is 1540. The van der Waals surface area contributed by atoms with E-state index in [4.69, 9.17) is 14.7 Å². The third-order valence-corrected chi connectivity index (χ3v) is 9.80. The minimum absolute atomic E-state index is 0.0388. The molecule has 0 radical (unpaired) electrons. The SMILES string of the molecule is CC(C)c1cc(N(C)c2nc(C3CCOCC3)c(C#N)s2)c2cc(N3CCN(CC(=O)N4CC(O)C4)CC3)cc(F)c2n1. The number of aliphatic hydroxyl groups is 1. The highest BCUT2D eigenvalue weighted by Crippen LogP contribution is 2.40. The first-order valence-electron chi connectivity index (χ1n) is 15.0. The van der Waals surface area contributed by atoms with E-state index in [1.165, 1.54) is 11.3 Å². The number of carbonyl (C=O) groups excluding carboxylic acids is 1. The lowest BCUT2D eigenvalue weighted by Gasteiger charge is -2.39. The van der Waals surface area contributed by atoms with Crippen molar-refractivity contribution in [3.63, 3.8) is 0 Å². The van der Waals surface area contributed by atoms with Crippen molar-refractivity contribution in [3.8, 4) is 6.07 Å². The van der Waals surface area contributed by atoms with Gasteiger partial charge in [-0.05, 0) is 37.0 Å². The van der Waals surface area contributed by atoms with Gasteiger partial charge in [0.05, 0.1) is 24.0 Å². The van der Waals surface area contributed by atoms with Crippen LogP contribution in [-0.4, -0.2) is 103 Å². The zero-order valence-corrected chi connectivity index (χ0v) is 25.7. The van der Waals surface area contributed by atoms with E-state index in [1.807, 2.05) is 37.9 Å². The van der Waals surface area contributed by atoms with Crippen LogP contribution in [0.2, 0.25) is 0 Å². The minimum Gasteiger partial charge on any atom is -0.389 e. The van der Waals surface area contributed by atoms with Crippen LogP contribution in [0.15, 0.2) is 18.2 Å². The molecule has 10 nitrogen and oxygen atoms in total. The third kappa shape index (κ3) is 6.04. The number of β-amino-alcohol motifs (C(OH)–C–C–N with tert-alkyl or cyclic N) is 1. The molecule has 3 fully saturated rings. The fourth-order valence-electron chi connectivity index (χ4n) is 6.04. The highest BCUT2D eigenvalue weighted by Gasteiger charge is 2.31. The molecule has 5 heterocycles. The maximum Gasteiger partial charge on any atom is 0.236 e. The standard InChI is InChI=1S/C31H38FN7O3S/c1-19(2)25-14-26(36(3)31-35-29(27(15-33)43-31)20-4-10-42-11-5-20)23-12-21(13-24(32)30(23)34-25)38-8-6-37(7-9-38)18-28(41)39-16-22(40)17-39/h12-14,19-20,22,40H,4-11,16-18H2,1-3H3. The van der Waals surface area contributed by atoms with E-state index in [-0.39, 0.29) is 23.6 Å². The van der Waals surface area contributed by atoms with Crippen LogP contribution >= 0.6 is 11.3 Å². The number of fused-ring (bicyclic) bond motifs is 1. The number of hydrogen-bond acceptors (Lipinski definition) is 10. The molecule has 1 aromatic carbocycles. The molecule has 0 spiro atoms. The number of carbonyl (C=O) groups is 1. The van der Waals surface area contributed by atoms with E-state index in [1.54, 1.807) is 11.0 Å². The van der Waals surface area contributed by atoms with Crippen LogP contribution in [0, 0.1) is 17.1 Å². The number of anilines is 3. The zero-order valence-electron chi connectivity index (χ0n) is 24.9. The van der Waals surface area contributed by atoms with Gasteiger partial charge in [-0.1, -0.05) is 25.2 Å². The summed E-state index contributed by atoms with van der Waals surface area (Å²) in [7, 11) is 1.92. The summed E-state index contributed by atoms with van der Waals surface area (Å²) < 4.78 is 21.3. The zero-order chi connectivity index (χ0) is 30.2. The number of amides is 1. The molecule has 0 bridgehead atoms. The van der Waals surface area contributed by atoms with Crippen molar-refractivity contribution in [1.29, 1.82) is 5.26 Å². The molecule has 3 aliphatic heterocycles. The van der Waals surface area contributed by atoms with Gasteiger partial charge in [0, 0.05) is 82.2 Å². The van der Waals surface area contributed by atoms with Gasteiger partial charge in [-0.15, -0.1) is 0 Å². The molecular weight excluding hydrogens is 569 g/mol. The molecule has 3 aromatic rings. The maximum atomic E-state index is 15.8. The van der Waals surface area contributed by atoms with Gasteiger partial charge in [0.2, 0.25) is 5.91 Å². The highest BCUT2D eigenvalue weighted by molar-refractivity contribution is 7.16. The molecule has 1 N–H and O–H groups in total. The molecule has 6 rings (SSSR count). The van der Waals surface area contributed by atoms with E-state index in [9.17, 15) is 15.2 Å². The molecule has 228 valence electrons. The number of halogens is 1. The molecule has 3 saturated heterocycles. The molecule has 12 heteroatoms. The summed E-state index contributed by atoms with van der Waals surface area (Å²) in [6, 6.07) is 7.92. The van der Waals surface area contributed by atoms with Gasteiger partial charge in [0.1, 0.15) is 16.5 Å². The monoisotopic (exact) mass is 607 g/mol. The second-order valence-corrected chi connectivity index (χ2v) is 13.0. The number of nitrogens with zero attached hydrogens (tertiary/aromatic N) is 7. The topological polar surface area (TPSA) is 109 Å². The molecule has 0 unspecified atom stereocenters. The Hall–Kier alpha value is -3.37. The highest BCUT2D eigenvalue weighted by atomic mass is 32.1. The van der Waals surface area contributed by atoms with E-state index in [0.29, 0.717) is 79.9 Å². The Kier molecular flexibility index (Phi) is 8.51. The summed E-state index contributed by atoms with van der Waals surface area (Å²) in [5.74, 6) is -0.0531. The third-order valence-electron chi connectivity index (χ3n) is 8.75. The molecule has 2 aromatic heterocycles. The molecular formula is C31H38FN7O3S. The number of aromatic nitrogens is 2. The number of ether oxygens (including phenoxy) is 1. The number of likely N-dealkylation sites (tertiary alicyclic amines) is 1. The van der Waals surface area contributed by atoms with E-state index in [2.05, 4.69) is 15.9 Å². The number of benzene rings is 1. The summed E-state index contributed by atoms with van der Waals surface area (Å²) in [5.41, 5.74) is 3.51. The fraction of sp³-hybridized carbons (Fsp3) is 0.548. The molecule has 43 heavy (non-hydrogen) atoms. The van der Waals surface area contributed by atoms with Crippen molar-refractivity contribution >= 4 is 44.7 Å². The lowest BCUT2D eigenvalue weighted by molar-refractivity contribution is -0.142. The number of thiazole rings is 1. The van der Waals surface area contributed by atoms with Crippen LogP contribution in [0.1, 0.15) is 54.8 Å². The van der Waals surface area contributed by atoms with Gasteiger partial charge in [-0.3, -0.25) is 9.69 Å². The minimum atomic E-state index is -0.406. The summed E-state index contributed by atoms with van der Waals surface area (Å²) in [5, 5.41) is 20.8. The Balaban J connectivity index is 1.28. The number of piperazine rings is 1. The van der Waals surface area contributed by atoms with Gasteiger partial charge >= 0.3 is 0 Å². The number of rotatable bonds is 7. The van der Waals surface area contributed by atoms with Crippen molar-refractivity contribution in [3.05, 3.63) is 40.3 Å². The average Bonchev–Trinajstić information content (AvgIpc) is 3.44. The molecule has 3 aliphatic rings. The Morgan fingerprint density at radius 3 is 2.56 bits per heavy atom. The van der Waals surface area contributed by atoms with Crippen molar-refractivity contribution in [1.82, 2.24) is 19.8 Å². The molecule has 1 amide bonds.